The first-order chi connectivity index (χ1) is 7.63. The van der Waals surface area contributed by atoms with Crippen LogP contribution in [0.4, 0.5) is 0 Å². The summed E-state index contributed by atoms with van der Waals surface area (Å²) in [5, 5.41) is 0. The van der Waals surface area contributed by atoms with Gasteiger partial charge in [0.15, 0.2) is 17.3 Å². The summed E-state index contributed by atoms with van der Waals surface area (Å²) in [5.41, 5.74) is 0.951. The van der Waals surface area contributed by atoms with Gasteiger partial charge in [-0.2, -0.15) is 0 Å². The van der Waals surface area contributed by atoms with Crippen LogP contribution in [0.25, 0.3) is 0 Å². The molecular formula is C12H12O4. The smallest absolute Gasteiger partial charge is 0.184 e. The van der Waals surface area contributed by atoms with E-state index in [0.29, 0.717) is 11.1 Å². The summed E-state index contributed by atoms with van der Waals surface area (Å²) in [6.45, 7) is 3.45. The summed E-state index contributed by atoms with van der Waals surface area (Å²) in [5.74, 6) is -0.295. The average Bonchev–Trinajstić information content (AvgIpc) is 2.32. The Morgan fingerprint density at radius 3 is 2.50 bits per heavy atom. The Hall–Kier alpha value is -1.55. The minimum absolute atomic E-state index is 0.0280. The van der Waals surface area contributed by atoms with Crippen LogP contribution >= 0.6 is 0 Å². The van der Waals surface area contributed by atoms with Gasteiger partial charge in [0.25, 0.3) is 0 Å². The molecule has 2 aliphatic rings. The number of rotatable bonds is 2. The van der Waals surface area contributed by atoms with E-state index in [2.05, 4.69) is 6.58 Å². The van der Waals surface area contributed by atoms with E-state index in [4.69, 9.17) is 4.74 Å². The van der Waals surface area contributed by atoms with E-state index in [1.807, 2.05) is 0 Å². The van der Waals surface area contributed by atoms with E-state index < -0.39 is 6.10 Å². The summed E-state index contributed by atoms with van der Waals surface area (Å²) in [7, 11) is 0. The highest BCUT2D eigenvalue weighted by Gasteiger charge is 2.34. The van der Waals surface area contributed by atoms with Gasteiger partial charge in [0.2, 0.25) is 0 Å². The predicted octanol–water partition coefficient (Wildman–Crippen LogP) is 0.759. The predicted molar refractivity (Wildman–Crippen MR) is 55.8 cm³/mol. The molecule has 0 aromatic heterocycles. The SMILES string of the molecule is C=CC(=O)C1CC2=C(CO1)C(=O)CCC2=O. The maximum atomic E-state index is 11.6. The number of ether oxygens (including phenoxy) is 1. The van der Waals surface area contributed by atoms with Gasteiger partial charge in [-0.1, -0.05) is 6.58 Å². The molecule has 2 rings (SSSR count). The van der Waals surface area contributed by atoms with Gasteiger partial charge in [-0.15, -0.1) is 0 Å². The fourth-order valence-electron chi connectivity index (χ4n) is 2.01. The topological polar surface area (TPSA) is 60.4 Å². The Morgan fingerprint density at radius 2 is 1.88 bits per heavy atom. The first kappa shape index (κ1) is 11.0. The molecule has 1 atom stereocenters. The second-order valence-electron chi connectivity index (χ2n) is 3.91. The van der Waals surface area contributed by atoms with Gasteiger partial charge in [0, 0.05) is 30.4 Å². The first-order valence-electron chi connectivity index (χ1n) is 5.19. The first-order valence-corrected chi connectivity index (χ1v) is 5.19. The van der Waals surface area contributed by atoms with Gasteiger partial charge in [-0.05, 0) is 6.08 Å². The van der Waals surface area contributed by atoms with E-state index >= 15 is 0 Å². The molecule has 0 saturated carbocycles. The van der Waals surface area contributed by atoms with Crippen LogP contribution in [-0.2, 0) is 19.1 Å². The molecule has 84 valence electrons. The maximum Gasteiger partial charge on any atom is 0.184 e. The average molecular weight is 220 g/mol. The fraction of sp³-hybridized carbons (Fsp3) is 0.417. The molecule has 0 fully saturated rings. The number of carbonyl (C=O) groups is 3. The van der Waals surface area contributed by atoms with Crippen LogP contribution in [0, 0.1) is 0 Å². The summed E-state index contributed by atoms with van der Waals surface area (Å²) < 4.78 is 5.27. The van der Waals surface area contributed by atoms with Gasteiger partial charge in [-0.25, -0.2) is 0 Å². The normalized spacial score (nSPS) is 25.4. The van der Waals surface area contributed by atoms with E-state index in [1.165, 1.54) is 6.08 Å². The Bertz CT molecular complexity index is 417. The molecule has 16 heavy (non-hydrogen) atoms. The molecule has 0 saturated heterocycles. The number of Topliss-reactive ketones (excluding diaryl/α,β-unsaturated/α-hetero) is 2. The molecular weight excluding hydrogens is 208 g/mol. The van der Waals surface area contributed by atoms with Crippen molar-refractivity contribution in [2.45, 2.75) is 25.4 Å². The molecule has 1 heterocycles. The second kappa shape index (κ2) is 4.14. The number of hydrogen-bond donors (Lipinski definition) is 0. The highest BCUT2D eigenvalue weighted by Crippen LogP contribution is 2.28. The zero-order valence-corrected chi connectivity index (χ0v) is 8.82. The third kappa shape index (κ3) is 1.76. The lowest BCUT2D eigenvalue weighted by atomic mass is 9.84. The van der Waals surface area contributed by atoms with Crippen LogP contribution in [0.3, 0.4) is 0 Å². The quantitative estimate of drug-likeness (QED) is 0.644. The number of ketones is 3. The van der Waals surface area contributed by atoms with Crippen LogP contribution in [0.2, 0.25) is 0 Å². The highest BCUT2D eigenvalue weighted by atomic mass is 16.5. The summed E-state index contributed by atoms with van der Waals surface area (Å²) in [4.78, 5) is 34.5. The lowest BCUT2D eigenvalue weighted by Crippen LogP contribution is -2.35. The zero-order valence-electron chi connectivity index (χ0n) is 8.82. The molecule has 4 nitrogen and oxygen atoms in total. The Morgan fingerprint density at radius 1 is 1.25 bits per heavy atom. The monoisotopic (exact) mass is 220 g/mol. The third-order valence-corrected chi connectivity index (χ3v) is 2.95. The standard InChI is InChI=1S/C12H12O4/c1-2-9(13)12-5-7-8(6-16-12)11(15)4-3-10(7)14/h2,12H,1,3-6H2. The van der Waals surface area contributed by atoms with Crippen molar-refractivity contribution in [3.05, 3.63) is 23.8 Å². The van der Waals surface area contributed by atoms with Gasteiger partial charge in [0.1, 0.15) is 6.10 Å². The Kier molecular flexibility index (Phi) is 2.83. The largest absolute Gasteiger partial charge is 0.365 e. The van der Waals surface area contributed by atoms with Crippen molar-refractivity contribution in [2.75, 3.05) is 6.61 Å². The van der Waals surface area contributed by atoms with Crippen LogP contribution < -0.4 is 0 Å². The van der Waals surface area contributed by atoms with Crippen LogP contribution in [0.5, 0.6) is 0 Å². The molecule has 0 radical (unpaired) electrons. The van der Waals surface area contributed by atoms with E-state index in [9.17, 15) is 14.4 Å². The van der Waals surface area contributed by atoms with Crippen LogP contribution in [-0.4, -0.2) is 30.1 Å². The van der Waals surface area contributed by atoms with Crippen molar-refractivity contribution >= 4 is 17.3 Å². The van der Waals surface area contributed by atoms with Gasteiger partial charge >= 0.3 is 0 Å². The van der Waals surface area contributed by atoms with Gasteiger partial charge in [-0.3, -0.25) is 14.4 Å². The molecule has 0 aromatic rings. The lowest BCUT2D eigenvalue weighted by molar-refractivity contribution is -0.129. The molecule has 4 heteroatoms. The summed E-state index contributed by atoms with van der Waals surface area (Å²) in [6.07, 6.45) is 1.27. The molecule has 1 aliphatic heterocycles. The van der Waals surface area contributed by atoms with Crippen molar-refractivity contribution in [1.29, 1.82) is 0 Å². The Labute approximate surface area is 93.0 Å². The maximum absolute atomic E-state index is 11.6. The second-order valence-corrected chi connectivity index (χ2v) is 3.91. The molecule has 0 N–H and O–H groups in total. The van der Waals surface area contributed by atoms with E-state index in [0.717, 1.165) is 0 Å². The van der Waals surface area contributed by atoms with Crippen molar-refractivity contribution in [1.82, 2.24) is 0 Å². The molecule has 0 bridgehead atoms. The molecule has 1 unspecified atom stereocenters. The van der Waals surface area contributed by atoms with Crippen molar-refractivity contribution < 1.29 is 19.1 Å². The van der Waals surface area contributed by atoms with Gasteiger partial charge < -0.3 is 4.74 Å². The van der Waals surface area contributed by atoms with Crippen molar-refractivity contribution in [3.8, 4) is 0 Å². The number of hydrogen-bond acceptors (Lipinski definition) is 4. The molecule has 1 aliphatic carbocycles. The van der Waals surface area contributed by atoms with E-state index in [1.54, 1.807) is 0 Å². The highest BCUT2D eigenvalue weighted by molar-refractivity contribution is 6.12. The van der Waals surface area contributed by atoms with Gasteiger partial charge in [0.05, 0.1) is 6.61 Å². The molecule has 0 aromatic carbocycles. The minimum atomic E-state index is -0.647. The zero-order chi connectivity index (χ0) is 11.7. The Balaban J connectivity index is 2.27. The molecule has 0 spiro atoms. The van der Waals surface area contributed by atoms with Crippen LogP contribution in [0.1, 0.15) is 19.3 Å². The van der Waals surface area contributed by atoms with Crippen molar-refractivity contribution in [3.63, 3.8) is 0 Å². The van der Waals surface area contributed by atoms with Crippen molar-refractivity contribution in [2.24, 2.45) is 0 Å². The minimum Gasteiger partial charge on any atom is -0.365 e. The fourth-order valence-corrected chi connectivity index (χ4v) is 2.01. The summed E-state index contributed by atoms with van der Waals surface area (Å²) >= 11 is 0. The lowest BCUT2D eigenvalue weighted by Gasteiger charge is -2.27. The van der Waals surface area contributed by atoms with E-state index in [-0.39, 0.29) is 43.2 Å². The van der Waals surface area contributed by atoms with Crippen LogP contribution in [0.15, 0.2) is 23.8 Å². The number of carbonyl (C=O) groups excluding carboxylic acids is 3. The summed E-state index contributed by atoms with van der Waals surface area (Å²) in [6, 6.07) is 0. The third-order valence-electron chi connectivity index (χ3n) is 2.95. The molecule has 0 amide bonds.